The summed E-state index contributed by atoms with van der Waals surface area (Å²) in [5.41, 5.74) is 0.979. The molecule has 0 aliphatic carbocycles. The Labute approximate surface area is 151 Å². The zero-order chi connectivity index (χ0) is 18.7. The second-order valence-electron chi connectivity index (χ2n) is 6.36. The van der Waals surface area contributed by atoms with E-state index in [1.807, 2.05) is 29.2 Å². The maximum Gasteiger partial charge on any atom is 0.253 e. The average Bonchev–Trinajstić information content (AvgIpc) is 2.67. The molecule has 1 amide bonds. The van der Waals surface area contributed by atoms with E-state index in [4.69, 9.17) is 4.74 Å². The predicted molar refractivity (Wildman–Crippen MR) is 101 cm³/mol. The maximum absolute atomic E-state index is 12.0. The van der Waals surface area contributed by atoms with Crippen molar-refractivity contribution in [2.24, 2.45) is 0 Å². The second kappa shape index (κ2) is 7.59. The third-order valence-corrected chi connectivity index (χ3v) is 4.82. The first-order chi connectivity index (χ1) is 12.5. The lowest BCUT2D eigenvalue weighted by molar-refractivity contribution is -0.129. The average molecular weight is 357 g/mol. The molecule has 1 heterocycles. The molecular weight excluding hydrogens is 334 g/mol. The molecule has 1 aliphatic heterocycles. The molecule has 1 saturated heterocycles. The SMILES string of the molecule is COc1ccccc1CCNc1c(N2CCN(C(C)=O)CC2)c(=O)c1=O. The summed E-state index contributed by atoms with van der Waals surface area (Å²) in [4.78, 5) is 39.1. The van der Waals surface area contributed by atoms with E-state index in [9.17, 15) is 14.4 Å². The molecule has 2 aromatic carbocycles. The zero-order valence-corrected chi connectivity index (χ0v) is 15.1. The Bertz CT molecular complexity index is 862. The number of ether oxygens (including phenoxy) is 1. The van der Waals surface area contributed by atoms with Gasteiger partial charge in [0.2, 0.25) is 5.91 Å². The molecule has 0 aromatic heterocycles. The van der Waals surface area contributed by atoms with Crippen LogP contribution in [0.15, 0.2) is 33.9 Å². The molecule has 0 bridgehead atoms. The van der Waals surface area contributed by atoms with E-state index >= 15 is 0 Å². The van der Waals surface area contributed by atoms with Gasteiger partial charge in [-0.2, -0.15) is 0 Å². The van der Waals surface area contributed by atoms with Crippen LogP contribution in [0.3, 0.4) is 0 Å². The number of nitrogens with zero attached hydrogens (tertiary/aromatic N) is 2. The summed E-state index contributed by atoms with van der Waals surface area (Å²) in [7, 11) is 1.63. The van der Waals surface area contributed by atoms with Crippen LogP contribution in [0.5, 0.6) is 5.75 Å². The lowest BCUT2D eigenvalue weighted by atomic mass is 10.1. The highest BCUT2D eigenvalue weighted by Gasteiger charge is 2.28. The van der Waals surface area contributed by atoms with E-state index < -0.39 is 10.9 Å². The summed E-state index contributed by atoms with van der Waals surface area (Å²) in [5, 5.41) is 3.11. The number of methoxy groups -OCH3 is 1. The van der Waals surface area contributed by atoms with Crippen LogP contribution >= 0.6 is 0 Å². The third kappa shape index (κ3) is 3.42. The Balaban J connectivity index is 1.63. The zero-order valence-electron chi connectivity index (χ0n) is 15.1. The van der Waals surface area contributed by atoms with Gasteiger partial charge in [-0.05, 0) is 18.1 Å². The van der Waals surface area contributed by atoms with E-state index in [-0.39, 0.29) is 5.91 Å². The number of para-hydroxylation sites is 1. The van der Waals surface area contributed by atoms with Gasteiger partial charge in [-0.25, -0.2) is 0 Å². The minimum absolute atomic E-state index is 0.0322. The van der Waals surface area contributed by atoms with Crippen molar-refractivity contribution in [2.75, 3.05) is 50.1 Å². The first-order valence-electron chi connectivity index (χ1n) is 8.72. The molecule has 0 spiro atoms. The molecule has 1 aliphatic rings. The van der Waals surface area contributed by atoms with Gasteiger partial charge in [0.05, 0.1) is 7.11 Å². The summed E-state index contributed by atoms with van der Waals surface area (Å²) in [6.07, 6.45) is 0.681. The second-order valence-corrected chi connectivity index (χ2v) is 6.36. The van der Waals surface area contributed by atoms with Gasteiger partial charge in [-0.3, -0.25) is 14.4 Å². The van der Waals surface area contributed by atoms with Gasteiger partial charge in [0.1, 0.15) is 17.1 Å². The van der Waals surface area contributed by atoms with Crippen molar-refractivity contribution in [1.29, 1.82) is 0 Å². The Morgan fingerprint density at radius 1 is 1.12 bits per heavy atom. The van der Waals surface area contributed by atoms with Crippen LogP contribution in [0.1, 0.15) is 12.5 Å². The van der Waals surface area contributed by atoms with E-state index in [0.717, 1.165) is 11.3 Å². The number of benzene rings is 1. The number of carbonyl (C=O) groups excluding carboxylic acids is 1. The van der Waals surface area contributed by atoms with Crippen molar-refractivity contribution in [3.8, 4) is 5.75 Å². The van der Waals surface area contributed by atoms with Gasteiger partial charge in [-0.1, -0.05) is 18.2 Å². The topological polar surface area (TPSA) is 79.0 Å². The molecule has 26 heavy (non-hydrogen) atoms. The molecule has 3 rings (SSSR count). The van der Waals surface area contributed by atoms with Crippen molar-refractivity contribution in [3.63, 3.8) is 0 Å². The van der Waals surface area contributed by atoms with Gasteiger partial charge in [0, 0.05) is 39.6 Å². The van der Waals surface area contributed by atoms with Gasteiger partial charge in [-0.15, -0.1) is 0 Å². The highest BCUT2D eigenvalue weighted by Crippen LogP contribution is 2.22. The van der Waals surface area contributed by atoms with Crippen molar-refractivity contribution >= 4 is 17.3 Å². The predicted octanol–water partition coefficient (Wildman–Crippen LogP) is 0.614. The first-order valence-corrected chi connectivity index (χ1v) is 8.72. The fourth-order valence-electron chi connectivity index (χ4n) is 3.32. The Morgan fingerprint density at radius 2 is 1.81 bits per heavy atom. The lowest BCUT2D eigenvalue weighted by Gasteiger charge is -2.36. The van der Waals surface area contributed by atoms with Crippen LogP contribution in [0.25, 0.3) is 0 Å². The number of anilines is 2. The summed E-state index contributed by atoms with van der Waals surface area (Å²) in [6, 6.07) is 7.72. The Hall–Kier alpha value is -2.83. The molecule has 7 nitrogen and oxygen atoms in total. The van der Waals surface area contributed by atoms with Crippen LogP contribution in [0, 0.1) is 0 Å². The highest BCUT2D eigenvalue weighted by atomic mass is 16.5. The van der Waals surface area contributed by atoms with Crippen LogP contribution in [-0.4, -0.2) is 50.6 Å². The van der Waals surface area contributed by atoms with Crippen molar-refractivity contribution < 1.29 is 9.53 Å². The Morgan fingerprint density at radius 3 is 2.46 bits per heavy atom. The number of piperazine rings is 1. The molecule has 0 atom stereocenters. The molecule has 0 unspecified atom stereocenters. The van der Waals surface area contributed by atoms with Gasteiger partial charge < -0.3 is 19.9 Å². The number of hydrogen-bond acceptors (Lipinski definition) is 6. The molecule has 138 valence electrons. The molecular formula is C19H23N3O4. The van der Waals surface area contributed by atoms with E-state index in [0.29, 0.717) is 50.5 Å². The van der Waals surface area contributed by atoms with Gasteiger partial charge >= 0.3 is 0 Å². The Kier molecular flexibility index (Phi) is 5.25. The first kappa shape index (κ1) is 18.0. The van der Waals surface area contributed by atoms with Gasteiger partial charge in [0.15, 0.2) is 0 Å². The quantitative estimate of drug-likeness (QED) is 0.764. The number of amides is 1. The van der Waals surface area contributed by atoms with Crippen molar-refractivity contribution in [2.45, 2.75) is 13.3 Å². The molecule has 2 aromatic rings. The third-order valence-electron chi connectivity index (χ3n) is 4.82. The van der Waals surface area contributed by atoms with Crippen LogP contribution in [0.2, 0.25) is 0 Å². The monoisotopic (exact) mass is 357 g/mol. The van der Waals surface area contributed by atoms with Crippen molar-refractivity contribution in [3.05, 3.63) is 50.3 Å². The number of hydrogen-bond donors (Lipinski definition) is 1. The maximum atomic E-state index is 12.0. The van der Waals surface area contributed by atoms with E-state index in [1.165, 1.54) is 6.92 Å². The van der Waals surface area contributed by atoms with E-state index in [2.05, 4.69) is 5.32 Å². The van der Waals surface area contributed by atoms with Crippen molar-refractivity contribution in [1.82, 2.24) is 4.90 Å². The molecule has 0 radical (unpaired) electrons. The smallest absolute Gasteiger partial charge is 0.253 e. The fourth-order valence-corrected chi connectivity index (χ4v) is 3.32. The largest absolute Gasteiger partial charge is 0.496 e. The minimum Gasteiger partial charge on any atom is -0.496 e. The summed E-state index contributed by atoms with van der Waals surface area (Å²) < 4.78 is 5.33. The fraction of sp³-hybridized carbons (Fsp3) is 0.421. The minimum atomic E-state index is -0.464. The van der Waals surface area contributed by atoms with Crippen LogP contribution in [0.4, 0.5) is 11.4 Å². The summed E-state index contributed by atoms with van der Waals surface area (Å²) in [5.74, 6) is 0.838. The highest BCUT2D eigenvalue weighted by molar-refractivity contribution is 5.77. The molecule has 1 fully saturated rings. The number of carbonyl (C=O) groups is 1. The molecule has 7 heteroatoms. The normalized spacial score (nSPS) is 14.5. The summed E-state index contributed by atoms with van der Waals surface area (Å²) >= 11 is 0. The van der Waals surface area contributed by atoms with Crippen LogP contribution in [-0.2, 0) is 11.2 Å². The lowest BCUT2D eigenvalue weighted by Crippen LogP contribution is -2.52. The number of rotatable bonds is 6. The standard InChI is InChI=1S/C19H23N3O4/c1-13(23)21-9-11-22(12-10-21)17-16(18(24)19(17)25)20-8-7-14-5-3-4-6-15(14)26-2/h3-6,20H,7-12H2,1-2H3. The summed E-state index contributed by atoms with van der Waals surface area (Å²) in [6.45, 7) is 4.32. The molecule has 0 saturated carbocycles. The van der Waals surface area contributed by atoms with E-state index in [1.54, 1.807) is 12.0 Å². The number of nitrogens with one attached hydrogen (secondary N) is 1. The van der Waals surface area contributed by atoms with Crippen LogP contribution < -0.4 is 25.8 Å². The molecule has 1 N–H and O–H groups in total. The van der Waals surface area contributed by atoms with Gasteiger partial charge in [0.25, 0.3) is 10.9 Å².